The van der Waals surface area contributed by atoms with Crippen molar-refractivity contribution in [2.45, 2.75) is 6.04 Å². The fourth-order valence-corrected chi connectivity index (χ4v) is 1.11. The van der Waals surface area contributed by atoms with Crippen molar-refractivity contribution in [1.29, 1.82) is 0 Å². The largest absolute Gasteiger partial charge is 0.307 e. The Labute approximate surface area is 67.2 Å². The number of nitrogens with one attached hydrogen (secondary N) is 1. The molecule has 0 aromatic heterocycles. The van der Waals surface area contributed by atoms with Crippen molar-refractivity contribution in [3.63, 3.8) is 0 Å². The van der Waals surface area contributed by atoms with Crippen LogP contribution < -0.4 is 5.32 Å². The van der Waals surface area contributed by atoms with E-state index in [-0.39, 0.29) is 11.6 Å². The number of benzene rings is 1. The SMILES string of the molecule is Fc1cc(F)c(F)c([C@H]2CN2)c1. The Morgan fingerprint density at radius 1 is 1.25 bits per heavy atom. The molecule has 0 saturated carbocycles. The Kier molecular flexibility index (Phi) is 1.58. The maximum absolute atomic E-state index is 12.9. The van der Waals surface area contributed by atoms with Gasteiger partial charge in [-0.3, -0.25) is 0 Å². The van der Waals surface area contributed by atoms with Gasteiger partial charge in [0.15, 0.2) is 11.6 Å². The van der Waals surface area contributed by atoms with Gasteiger partial charge in [-0.15, -0.1) is 0 Å². The van der Waals surface area contributed by atoms with Crippen LogP contribution in [0.25, 0.3) is 0 Å². The van der Waals surface area contributed by atoms with E-state index in [1.165, 1.54) is 0 Å². The smallest absolute Gasteiger partial charge is 0.163 e. The van der Waals surface area contributed by atoms with Gasteiger partial charge in [-0.05, 0) is 6.07 Å². The zero-order valence-electron chi connectivity index (χ0n) is 6.07. The van der Waals surface area contributed by atoms with Crippen LogP contribution in [0.1, 0.15) is 11.6 Å². The van der Waals surface area contributed by atoms with Crippen molar-refractivity contribution in [2.24, 2.45) is 0 Å². The van der Waals surface area contributed by atoms with Gasteiger partial charge in [0.2, 0.25) is 0 Å². The molecule has 1 nitrogen and oxygen atoms in total. The molecule has 0 radical (unpaired) electrons. The van der Waals surface area contributed by atoms with Crippen LogP contribution in [0.5, 0.6) is 0 Å². The van der Waals surface area contributed by atoms with Gasteiger partial charge in [0.05, 0.1) is 0 Å². The van der Waals surface area contributed by atoms with Crippen molar-refractivity contribution in [1.82, 2.24) is 5.32 Å². The molecular weight excluding hydrogens is 167 g/mol. The van der Waals surface area contributed by atoms with Gasteiger partial charge in [-0.2, -0.15) is 0 Å². The first-order valence-electron chi connectivity index (χ1n) is 3.56. The van der Waals surface area contributed by atoms with Gasteiger partial charge in [0.1, 0.15) is 5.82 Å². The van der Waals surface area contributed by atoms with Crippen LogP contribution in [0.4, 0.5) is 13.2 Å². The molecule has 0 bridgehead atoms. The summed E-state index contributed by atoms with van der Waals surface area (Å²) in [5.41, 5.74) is 0.0764. The highest BCUT2D eigenvalue weighted by atomic mass is 19.2. The Morgan fingerprint density at radius 2 is 1.92 bits per heavy atom. The molecule has 0 amide bonds. The Balaban J connectivity index is 2.51. The Hall–Kier alpha value is -1.03. The highest BCUT2D eigenvalue weighted by Crippen LogP contribution is 2.26. The molecule has 1 aromatic carbocycles. The molecule has 1 atom stereocenters. The van der Waals surface area contributed by atoms with Crippen LogP contribution >= 0.6 is 0 Å². The van der Waals surface area contributed by atoms with E-state index >= 15 is 0 Å². The van der Waals surface area contributed by atoms with E-state index < -0.39 is 17.5 Å². The van der Waals surface area contributed by atoms with E-state index in [1.54, 1.807) is 0 Å². The molecule has 1 heterocycles. The highest BCUT2D eigenvalue weighted by molar-refractivity contribution is 5.27. The summed E-state index contributed by atoms with van der Waals surface area (Å²) in [7, 11) is 0. The standard InChI is InChI=1S/C8H6F3N/c9-4-1-5(7-3-12-7)8(11)6(10)2-4/h1-2,7,12H,3H2/t7-/m1/s1. The average molecular weight is 173 g/mol. The van der Waals surface area contributed by atoms with Crippen LogP contribution in [0, 0.1) is 17.5 Å². The maximum atomic E-state index is 12.9. The molecule has 1 saturated heterocycles. The van der Waals surface area contributed by atoms with E-state index in [0.717, 1.165) is 6.07 Å². The normalized spacial score (nSPS) is 21.1. The second-order valence-corrected chi connectivity index (χ2v) is 2.75. The van der Waals surface area contributed by atoms with Gasteiger partial charge in [-0.25, -0.2) is 13.2 Å². The van der Waals surface area contributed by atoms with Gasteiger partial charge in [0.25, 0.3) is 0 Å². The van der Waals surface area contributed by atoms with E-state index in [2.05, 4.69) is 5.32 Å². The second-order valence-electron chi connectivity index (χ2n) is 2.75. The Bertz CT molecular complexity index is 320. The van der Waals surface area contributed by atoms with Crippen molar-refractivity contribution in [3.05, 3.63) is 35.1 Å². The molecule has 1 aromatic rings. The summed E-state index contributed by atoms with van der Waals surface area (Å²) >= 11 is 0. The lowest BCUT2D eigenvalue weighted by atomic mass is 10.1. The summed E-state index contributed by atoms with van der Waals surface area (Å²) in [5, 5.41) is 2.77. The molecule has 12 heavy (non-hydrogen) atoms. The third-order valence-electron chi connectivity index (χ3n) is 1.80. The van der Waals surface area contributed by atoms with Crippen molar-refractivity contribution >= 4 is 0 Å². The number of rotatable bonds is 1. The first kappa shape index (κ1) is 7.61. The maximum Gasteiger partial charge on any atom is 0.163 e. The predicted octanol–water partition coefficient (Wildman–Crippen LogP) is 1.75. The second kappa shape index (κ2) is 2.48. The summed E-state index contributed by atoms with van der Waals surface area (Å²) in [6.45, 7) is 0.583. The van der Waals surface area contributed by atoms with Crippen LogP contribution in [0.2, 0.25) is 0 Å². The zero-order chi connectivity index (χ0) is 8.72. The van der Waals surface area contributed by atoms with Gasteiger partial charge in [0, 0.05) is 24.2 Å². The fourth-order valence-electron chi connectivity index (χ4n) is 1.11. The topological polar surface area (TPSA) is 21.9 Å². The van der Waals surface area contributed by atoms with Crippen LogP contribution in [0.3, 0.4) is 0 Å². The number of hydrogen-bond acceptors (Lipinski definition) is 1. The fraction of sp³-hybridized carbons (Fsp3) is 0.250. The van der Waals surface area contributed by atoms with E-state index in [9.17, 15) is 13.2 Å². The third kappa shape index (κ3) is 1.18. The van der Waals surface area contributed by atoms with Gasteiger partial charge in [-0.1, -0.05) is 0 Å². The van der Waals surface area contributed by atoms with E-state index in [0.29, 0.717) is 12.6 Å². The molecule has 1 aliphatic rings. The highest BCUT2D eigenvalue weighted by Gasteiger charge is 2.27. The van der Waals surface area contributed by atoms with E-state index in [4.69, 9.17) is 0 Å². The van der Waals surface area contributed by atoms with Crippen LogP contribution in [-0.2, 0) is 0 Å². The lowest BCUT2D eigenvalue weighted by Crippen LogP contribution is -1.96. The number of halogens is 3. The molecule has 0 unspecified atom stereocenters. The van der Waals surface area contributed by atoms with Crippen LogP contribution in [0.15, 0.2) is 12.1 Å². The third-order valence-corrected chi connectivity index (χ3v) is 1.80. The summed E-state index contributed by atoms with van der Waals surface area (Å²) in [4.78, 5) is 0. The minimum atomic E-state index is -1.13. The molecule has 1 aliphatic heterocycles. The lowest BCUT2D eigenvalue weighted by Gasteiger charge is -2.00. The summed E-state index contributed by atoms with van der Waals surface area (Å²) in [6, 6.07) is 1.35. The van der Waals surface area contributed by atoms with Crippen LogP contribution in [-0.4, -0.2) is 6.54 Å². The summed E-state index contributed by atoms with van der Waals surface area (Å²) < 4.78 is 38.0. The molecule has 64 valence electrons. The average Bonchev–Trinajstić information content (AvgIpc) is 2.79. The molecule has 4 heteroatoms. The molecule has 1 fully saturated rings. The van der Waals surface area contributed by atoms with Gasteiger partial charge < -0.3 is 5.32 Å². The van der Waals surface area contributed by atoms with Crippen molar-refractivity contribution < 1.29 is 13.2 Å². The minimum absolute atomic E-state index is 0.0764. The predicted molar refractivity (Wildman–Crippen MR) is 37.1 cm³/mol. The molecule has 0 spiro atoms. The minimum Gasteiger partial charge on any atom is -0.307 e. The Morgan fingerprint density at radius 3 is 2.50 bits per heavy atom. The first-order chi connectivity index (χ1) is 5.68. The molecular formula is C8H6F3N. The van der Waals surface area contributed by atoms with E-state index in [1.807, 2.05) is 0 Å². The van der Waals surface area contributed by atoms with Crippen molar-refractivity contribution in [2.75, 3.05) is 6.54 Å². The zero-order valence-corrected chi connectivity index (χ0v) is 6.07. The van der Waals surface area contributed by atoms with Crippen molar-refractivity contribution in [3.8, 4) is 0 Å². The lowest BCUT2D eigenvalue weighted by molar-refractivity contribution is 0.485. The molecule has 2 rings (SSSR count). The summed E-state index contributed by atoms with van der Waals surface area (Å²) in [6.07, 6.45) is 0. The monoisotopic (exact) mass is 173 g/mol. The summed E-state index contributed by atoms with van der Waals surface area (Å²) in [5.74, 6) is -2.82. The number of hydrogen-bond donors (Lipinski definition) is 1. The molecule has 1 N–H and O–H groups in total. The first-order valence-corrected chi connectivity index (χ1v) is 3.56. The quantitative estimate of drug-likeness (QED) is 0.507. The van der Waals surface area contributed by atoms with Gasteiger partial charge >= 0.3 is 0 Å². The molecule has 0 aliphatic carbocycles.